The van der Waals surface area contributed by atoms with Gasteiger partial charge < -0.3 is 22.1 Å². The zero-order chi connectivity index (χ0) is 18.7. The first kappa shape index (κ1) is 17.1. The lowest BCUT2D eigenvalue weighted by molar-refractivity contribution is -0.118. The van der Waals surface area contributed by atoms with Crippen molar-refractivity contribution in [2.45, 2.75) is 19.4 Å². The lowest BCUT2D eigenvalue weighted by Gasteiger charge is -2.15. The van der Waals surface area contributed by atoms with E-state index >= 15 is 0 Å². The predicted octanol–water partition coefficient (Wildman–Crippen LogP) is 0.871. The second-order valence-electron chi connectivity index (χ2n) is 5.62. The fourth-order valence-corrected chi connectivity index (χ4v) is 2.41. The van der Waals surface area contributed by atoms with E-state index in [0.29, 0.717) is 12.1 Å². The summed E-state index contributed by atoms with van der Waals surface area (Å²) in [7, 11) is 0. The highest BCUT2D eigenvalue weighted by Crippen LogP contribution is 2.23. The van der Waals surface area contributed by atoms with Crippen molar-refractivity contribution in [2.24, 2.45) is 11.5 Å². The summed E-state index contributed by atoms with van der Waals surface area (Å²) < 4.78 is 0. The van der Waals surface area contributed by atoms with Gasteiger partial charge in [0.25, 0.3) is 5.91 Å². The highest BCUT2D eigenvalue weighted by atomic mass is 16.1. The van der Waals surface area contributed by atoms with E-state index < -0.39 is 17.9 Å². The molecule has 1 unspecified atom stereocenters. The van der Waals surface area contributed by atoms with Crippen LogP contribution in [0.15, 0.2) is 30.6 Å². The van der Waals surface area contributed by atoms with Gasteiger partial charge in [-0.15, -0.1) is 0 Å². The first-order valence-electron chi connectivity index (χ1n) is 7.90. The van der Waals surface area contributed by atoms with Gasteiger partial charge in [-0.2, -0.15) is 10.1 Å². The maximum atomic E-state index is 11.7. The number of rotatable bonds is 7. The van der Waals surface area contributed by atoms with Crippen LogP contribution in [0.3, 0.4) is 0 Å². The Balaban J connectivity index is 1.93. The minimum absolute atomic E-state index is 0.118. The number of fused-ring (bicyclic) bond motifs is 1. The molecule has 0 spiro atoms. The van der Waals surface area contributed by atoms with Gasteiger partial charge in [-0.3, -0.25) is 14.7 Å². The number of carbonyl (C=O) groups excluding carboxylic acids is 2. The van der Waals surface area contributed by atoms with Crippen LogP contribution in [-0.4, -0.2) is 38.0 Å². The van der Waals surface area contributed by atoms with Crippen LogP contribution in [-0.2, 0) is 4.79 Å². The van der Waals surface area contributed by atoms with E-state index in [0.717, 1.165) is 10.9 Å². The molecule has 10 heteroatoms. The number of nitrogens with zero attached hydrogens (tertiary/aromatic N) is 3. The molecule has 10 nitrogen and oxygen atoms in total. The van der Waals surface area contributed by atoms with E-state index in [2.05, 4.69) is 30.8 Å². The molecule has 0 radical (unpaired) electrons. The fourth-order valence-electron chi connectivity index (χ4n) is 2.41. The molecule has 7 N–H and O–H groups in total. The van der Waals surface area contributed by atoms with Crippen LogP contribution in [0.25, 0.3) is 10.9 Å². The largest absolute Gasteiger partial charge is 0.368 e. The van der Waals surface area contributed by atoms with Crippen LogP contribution in [0.5, 0.6) is 0 Å². The van der Waals surface area contributed by atoms with E-state index in [4.69, 9.17) is 11.5 Å². The molecule has 1 aromatic carbocycles. The highest BCUT2D eigenvalue weighted by molar-refractivity contribution is 5.98. The number of aromatic nitrogens is 4. The summed E-state index contributed by atoms with van der Waals surface area (Å²) in [5, 5.41) is 13.7. The Labute approximate surface area is 148 Å². The molecule has 134 valence electrons. The van der Waals surface area contributed by atoms with E-state index in [1.807, 2.05) is 18.2 Å². The molecule has 1 atom stereocenters. The number of benzene rings is 1. The molecule has 0 fully saturated rings. The Morgan fingerprint density at radius 2 is 2.08 bits per heavy atom. The number of amides is 2. The van der Waals surface area contributed by atoms with Gasteiger partial charge in [-0.25, -0.2) is 4.98 Å². The second kappa shape index (κ2) is 7.05. The zero-order valence-electron chi connectivity index (χ0n) is 14.0. The van der Waals surface area contributed by atoms with Gasteiger partial charge in [0.2, 0.25) is 11.9 Å². The van der Waals surface area contributed by atoms with Gasteiger partial charge in [-0.05, 0) is 24.6 Å². The first-order chi connectivity index (χ1) is 12.5. The normalized spacial score (nSPS) is 11.9. The van der Waals surface area contributed by atoms with Gasteiger partial charge in [0, 0.05) is 17.3 Å². The van der Waals surface area contributed by atoms with Gasteiger partial charge in [0.1, 0.15) is 17.4 Å². The van der Waals surface area contributed by atoms with Gasteiger partial charge >= 0.3 is 0 Å². The summed E-state index contributed by atoms with van der Waals surface area (Å²) in [6.45, 7) is 1.80. The number of hydrogen-bond acceptors (Lipinski definition) is 7. The van der Waals surface area contributed by atoms with Crippen molar-refractivity contribution in [2.75, 3.05) is 10.6 Å². The van der Waals surface area contributed by atoms with Crippen LogP contribution >= 0.6 is 0 Å². The third kappa shape index (κ3) is 3.53. The van der Waals surface area contributed by atoms with E-state index in [1.165, 1.54) is 6.20 Å². The summed E-state index contributed by atoms with van der Waals surface area (Å²) in [5.41, 5.74) is 12.3. The van der Waals surface area contributed by atoms with Gasteiger partial charge in [0.15, 0.2) is 0 Å². The number of carbonyl (C=O) groups is 2. The standard InChI is InChI=1S/C16H18N8O2/c1-2-11(14(18)26)22-16-19-7-10(13(17)25)15(23-16)21-9-4-3-8-6-20-24-12(8)5-9/h3-7,11H,2H2,1H3,(H2,17,25)(H2,18,26)(H,20,24)(H2,19,21,22,23). The monoisotopic (exact) mass is 354 g/mol. The minimum Gasteiger partial charge on any atom is -0.368 e. The van der Waals surface area contributed by atoms with Crippen LogP contribution in [0.4, 0.5) is 17.5 Å². The SMILES string of the molecule is CCC(Nc1ncc(C(N)=O)c(Nc2ccc3cn[nH]c3c2)n1)C(N)=O. The molecule has 3 rings (SSSR count). The molecule has 0 saturated carbocycles. The number of H-pyrrole nitrogens is 1. The average Bonchev–Trinajstić information content (AvgIpc) is 3.07. The minimum atomic E-state index is -0.677. The van der Waals surface area contributed by atoms with Crippen molar-refractivity contribution in [3.63, 3.8) is 0 Å². The molecular formula is C16H18N8O2. The first-order valence-corrected chi connectivity index (χ1v) is 7.90. The molecule has 2 amide bonds. The Kier molecular flexibility index (Phi) is 4.65. The van der Waals surface area contributed by atoms with Crippen LogP contribution in [0, 0.1) is 0 Å². The molecule has 2 heterocycles. The van der Waals surface area contributed by atoms with Gasteiger partial charge in [-0.1, -0.05) is 6.92 Å². The molecule has 2 aromatic heterocycles. The van der Waals surface area contributed by atoms with Crippen molar-refractivity contribution in [3.05, 3.63) is 36.2 Å². The summed E-state index contributed by atoms with van der Waals surface area (Å²) in [5.74, 6) is -0.822. The second-order valence-corrected chi connectivity index (χ2v) is 5.62. The maximum absolute atomic E-state index is 11.7. The number of hydrogen-bond donors (Lipinski definition) is 5. The van der Waals surface area contributed by atoms with Crippen LogP contribution in [0.2, 0.25) is 0 Å². The number of aromatic amines is 1. The highest BCUT2D eigenvalue weighted by Gasteiger charge is 2.17. The third-order valence-corrected chi connectivity index (χ3v) is 3.81. The lowest BCUT2D eigenvalue weighted by atomic mass is 10.2. The van der Waals surface area contributed by atoms with E-state index in [1.54, 1.807) is 13.1 Å². The van der Waals surface area contributed by atoms with E-state index in [9.17, 15) is 9.59 Å². The Morgan fingerprint density at radius 3 is 2.77 bits per heavy atom. The summed E-state index contributed by atoms with van der Waals surface area (Å²) in [6.07, 6.45) is 3.47. The van der Waals surface area contributed by atoms with Crippen LogP contribution in [0.1, 0.15) is 23.7 Å². The summed E-state index contributed by atoms with van der Waals surface area (Å²) in [6, 6.07) is 4.88. The molecule has 3 aromatic rings. The number of nitrogens with one attached hydrogen (secondary N) is 3. The number of nitrogens with two attached hydrogens (primary N) is 2. The average molecular weight is 354 g/mol. The molecular weight excluding hydrogens is 336 g/mol. The summed E-state index contributed by atoms with van der Waals surface area (Å²) in [4.78, 5) is 31.3. The number of anilines is 3. The van der Waals surface area contributed by atoms with E-state index in [-0.39, 0.29) is 17.3 Å². The van der Waals surface area contributed by atoms with Crippen LogP contribution < -0.4 is 22.1 Å². The molecule has 0 bridgehead atoms. The lowest BCUT2D eigenvalue weighted by Crippen LogP contribution is -2.35. The van der Waals surface area contributed by atoms with Crippen molar-refractivity contribution in [3.8, 4) is 0 Å². The quantitative estimate of drug-likeness (QED) is 0.420. The van der Waals surface area contributed by atoms with Crippen molar-refractivity contribution in [1.29, 1.82) is 0 Å². The molecule has 0 aliphatic heterocycles. The molecule has 0 saturated heterocycles. The predicted molar refractivity (Wildman–Crippen MR) is 96.8 cm³/mol. The van der Waals surface area contributed by atoms with Crippen molar-refractivity contribution >= 4 is 40.2 Å². The smallest absolute Gasteiger partial charge is 0.254 e. The van der Waals surface area contributed by atoms with Crippen molar-refractivity contribution < 1.29 is 9.59 Å². The zero-order valence-corrected chi connectivity index (χ0v) is 14.0. The summed E-state index contributed by atoms with van der Waals surface area (Å²) >= 11 is 0. The maximum Gasteiger partial charge on any atom is 0.254 e. The molecule has 0 aliphatic rings. The number of primary amides is 2. The topological polar surface area (TPSA) is 165 Å². The molecule has 0 aliphatic carbocycles. The Morgan fingerprint density at radius 1 is 1.27 bits per heavy atom. The fraction of sp³-hybridized carbons (Fsp3) is 0.188. The van der Waals surface area contributed by atoms with Crippen molar-refractivity contribution in [1.82, 2.24) is 20.2 Å². The third-order valence-electron chi connectivity index (χ3n) is 3.81. The Bertz CT molecular complexity index is 968. The Hall–Kier alpha value is -3.69. The van der Waals surface area contributed by atoms with Gasteiger partial charge in [0.05, 0.1) is 11.7 Å². The molecule has 26 heavy (non-hydrogen) atoms.